The quantitative estimate of drug-likeness (QED) is 0.588. The van der Waals surface area contributed by atoms with E-state index >= 15 is 0 Å². The average Bonchev–Trinajstić information content (AvgIpc) is 2.45. The van der Waals surface area contributed by atoms with E-state index in [0.29, 0.717) is 17.0 Å². The molecule has 0 atom stereocenters. The molecule has 2 aromatic rings. The lowest BCUT2D eigenvalue weighted by Crippen LogP contribution is -2.00. The van der Waals surface area contributed by atoms with E-state index in [1.807, 2.05) is 36.4 Å². The number of benzene rings is 2. The van der Waals surface area contributed by atoms with Crippen molar-refractivity contribution in [3.8, 4) is 11.5 Å². The molecule has 20 heavy (non-hydrogen) atoms. The summed E-state index contributed by atoms with van der Waals surface area (Å²) < 4.78 is 12.2. The Morgan fingerprint density at radius 2 is 1.95 bits per heavy atom. The zero-order chi connectivity index (χ0) is 14.5. The Bertz CT molecular complexity index is 600. The molecule has 0 saturated carbocycles. The Kier molecular flexibility index (Phi) is 5.75. The van der Waals surface area contributed by atoms with Crippen LogP contribution in [0.25, 0.3) is 0 Å². The third-order valence-electron chi connectivity index (χ3n) is 2.84. The molecule has 2 rings (SSSR count). The largest absolute Gasteiger partial charge is 0.496 e. The second-order valence-corrected chi connectivity index (χ2v) is 5.98. The van der Waals surface area contributed by atoms with Crippen LogP contribution in [0.5, 0.6) is 11.5 Å². The van der Waals surface area contributed by atoms with Crippen molar-refractivity contribution in [2.75, 3.05) is 7.11 Å². The minimum atomic E-state index is 0.420. The Balaban J connectivity index is 2.21. The van der Waals surface area contributed by atoms with Gasteiger partial charge >= 0.3 is 0 Å². The maximum Gasteiger partial charge on any atom is 0.125 e. The zero-order valence-electron chi connectivity index (χ0n) is 10.8. The fourth-order valence-corrected chi connectivity index (χ4v) is 3.20. The molecular formula is C15H13Br2ClO2. The van der Waals surface area contributed by atoms with E-state index in [9.17, 15) is 0 Å². The zero-order valence-corrected chi connectivity index (χ0v) is 14.8. The number of hydrogen-bond donors (Lipinski definition) is 0. The van der Waals surface area contributed by atoms with Crippen LogP contribution in [0.3, 0.4) is 0 Å². The summed E-state index contributed by atoms with van der Waals surface area (Å²) in [5.74, 6) is 1.58. The van der Waals surface area contributed by atoms with E-state index in [2.05, 4.69) is 31.9 Å². The number of halogens is 3. The van der Waals surface area contributed by atoms with Gasteiger partial charge in [0.1, 0.15) is 18.1 Å². The summed E-state index contributed by atoms with van der Waals surface area (Å²) in [6, 6.07) is 11.5. The number of alkyl halides is 1. The van der Waals surface area contributed by atoms with Crippen LogP contribution >= 0.6 is 43.5 Å². The molecule has 0 bridgehead atoms. The first kappa shape index (κ1) is 15.7. The van der Waals surface area contributed by atoms with Gasteiger partial charge in [-0.15, -0.1) is 0 Å². The van der Waals surface area contributed by atoms with E-state index in [-0.39, 0.29) is 0 Å². The summed E-state index contributed by atoms with van der Waals surface area (Å²) in [6.45, 7) is 0.420. The SMILES string of the molecule is COc1ccc(Br)cc1COc1cccc(Cl)c1CBr. The standard InChI is InChI=1S/C15H13Br2ClO2/c1-19-14-6-5-11(17)7-10(14)9-20-15-4-2-3-13(18)12(15)8-16/h2-7H,8-9H2,1H3. The van der Waals surface area contributed by atoms with Gasteiger partial charge in [0.25, 0.3) is 0 Å². The van der Waals surface area contributed by atoms with Crippen molar-refractivity contribution in [3.63, 3.8) is 0 Å². The van der Waals surface area contributed by atoms with Crippen molar-refractivity contribution >= 4 is 43.5 Å². The van der Waals surface area contributed by atoms with Crippen LogP contribution in [-0.4, -0.2) is 7.11 Å². The van der Waals surface area contributed by atoms with Crippen LogP contribution in [-0.2, 0) is 11.9 Å². The monoisotopic (exact) mass is 418 g/mol. The lowest BCUT2D eigenvalue weighted by Gasteiger charge is -2.13. The fourth-order valence-electron chi connectivity index (χ4n) is 1.82. The molecule has 0 N–H and O–H groups in total. The van der Waals surface area contributed by atoms with Gasteiger partial charge in [0.2, 0.25) is 0 Å². The molecule has 0 unspecified atom stereocenters. The van der Waals surface area contributed by atoms with Gasteiger partial charge < -0.3 is 9.47 Å². The van der Waals surface area contributed by atoms with Gasteiger partial charge in [0.05, 0.1) is 7.11 Å². The Morgan fingerprint density at radius 1 is 1.15 bits per heavy atom. The minimum Gasteiger partial charge on any atom is -0.496 e. The molecular weight excluding hydrogens is 407 g/mol. The highest BCUT2D eigenvalue weighted by Crippen LogP contribution is 2.30. The topological polar surface area (TPSA) is 18.5 Å². The highest BCUT2D eigenvalue weighted by Gasteiger charge is 2.09. The molecule has 0 spiro atoms. The fraction of sp³-hybridized carbons (Fsp3) is 0.200. The van der Waals surface area contributed by atoms with Gasteiger partial charge in [0.15, 0.2) is 0 Å². The number of rotatable bonds is 5. The van der Waals surface area contributed by atoms with Crippen LogP contribution in [0.4, 0.5) is 0 Å². The molecule has 0 radical (unpaired) electrons. The lowest BCUT2D eigenvalue weighted by molar-refractivity contribution is 0.294. The number of hydrogen-bond acceptors (Lipinski definition) is 2. The summed E-state index contributed by atoms with van der Waals surface area (Å²) in [5.41, 5.74) is 1.92. The molecule has 0 amide bonds. The van der Waals surface area contributed by atoms with Gasteiger partial charge in [-0.05, 0) is 30.3 Å². The smallest absolute Gasteiger partial charge is 0.125 e. The summed E-state index contributed by atoms with van der Waals surface area (Å²) in [4.78, 5) is 0. The van der Waals surface area contributed by atoms with Crippen molar-refractivity contribution in [3.05, 3.63) is 57.0 Å². The molecule has 2 nitrogen and oxygen atoms in total. The van der Waals surface area contributed by atoms with Gasteiger partial charge in [0, 0.05) is 26.0 Å². The molecule has 0 aromatic heterocycles. The second-order valence-electron chi connectivity index (χ2n) is 4.09. The second kappa shape index (κ2) is 7.34. The highest BCUT2D eigenvalue weighted by atomic mass is 79.9. The molecule has 0 aliphatic heterocycles. The third kappa shape index (κ3) is 3.68. The van der Waals surface area contributed by atoms with E-state index in [1.54, 1.807) is 7.11 Å². The van der Waals surface area contributed by atoms with E-state index < -0.39 is 0 Å². The van der Waals surface area contributed by atoms with Crippen LogP contribution in [0.1, 0.15) is 11.1 Å². The molecule has 5 heteroatoms. The van der Waals surface area contributed by atoms with Crippen molar-refractivity contribution in [2.45, 2.75) is 11.9 Å². The molecule has 106 valence electrons. The third-order valence-corrected chi connectivity index (χ3v) is 4.24. The maximum atomic E-state index is 6.15. The van der Waals surface area contributed by atoms with Crippen LogP contribution in [0, 0.1) is 0 Å². The molecule has 0 aliphatic carbocycles. The first-order valence-electron chi connectivity index (χ1n) is 5.94. The van der Waals surface area contributed by atoms with Crippen molar-refractivity contribution in [1.29, 1.82) is 0 Å². The normalized spacial score (nSPS) is 10.4. The Hall–Kier alpha value is -0.710. The molecule has 2 aromatic carbocycles. The van der Waals surface area contributed by atoms with Crippen molar-refractivity contribution < 1.29 is 9.47 Å². The first-order valence-corrected chi connectivity index (χ1v) is 8.23. The van der Waals surface area contributed by atoms with Gasteiger partial charge in [-0.1, -0.05) is 49.5 Å². The van der Waals surface area contributed by atoms with Crippen molar-refractivity contribution in [2.24, 2.45) is 0 Å². The van der Waals surface area contributed by atoms with Crippen LogP contribution in [0.15, 0.2) is 40.9 Å². The summed E-state index contributed by atoms with van der Waals surface area (Å²) >= 11 is 13.0. The molecule has 0 aliphatic rings. The average molecular weight is 421 g/mol. The highest BCUT2D eigenvalue weighted by molar-refractivity contribution is 9.10. The van der Waals surface area contributed by atoms with E-state index in [4.69, 9.17) is 21.1 Å². The number of methoxy groups -OCH3 is 1. The number of ether oxygens (including phenoxy) is 2. The molecule has 0 fully saturated rings. The van der Waals surface area contributed by atoms with Crippen molar-refractivity contribution in [1.82, 2.24) is 0 Å². The first-order chi connectivity index (χ1) is 9.65. The Labute approximate surface area is 140 Å². The van der Waals surface area contributed by atoms with Gasteiger partial charge in [-0.2, -0.15) is 0 Å². The predicted molar refractivity (Wildman–Crippen MR) is 89.1 cm³/mol. The Morgan fingerprint density at radius 3 is 2.65 bits per heavy atom. The minimum absolute atomic E-state index is 0.420. The molecule has 0 saturated heterocycles. The molecule has 0 heterocycles. The summed E-state index contributed by atoms with van der Waals surface area (Å²) in [7, 11) is 1.65. The van der Waals surface area contributed by atoms with Crippen LogP contribution < -0.4 is 9.47 Å². The summed E-state index contributed by atoms with van der Waals surface area (Å²) in [6.07, 6.45) is 0. The maximum absolute atomic E-state index is 6.15. The summed E-state index contributed by atoms with van der Waals surface area (Å²) in [5, 5.41) is 1.35. The lowest BCUT2D eigenvalue weighted by atomic mass is 10.2. The predicted octanol–water partition coefficient (Wildman–Crippen LogP) is 5.59. The van der Waals surface area contributed by atoms with Gasteiger partial charge in [-0.3, -0.25) is 0 Å². The van der Waals surface area contributed by atoms with E-state index in [1.165, 1.54) is 0 Å². The van der Waals surface area contributed by atoms with Crippen LogP contribution in [0.2, 0.25) is 5.02 Å². The van der Waals surface area contributed by atoms with E-state index in [0.717, 1.165) is 27.1 Å². The van der Waals surface area contributed by atoms with Gasteiger partial charge in [-0.25, -0.2) is 0 Å².